The molecule has 0 saturated heterocycles. The summed E-state index contributed by atoms with van der Waals surface area (Å²) in [4.78, 5) is 19.0. The second kappa shape index (κ2) is 4.67. The highest BCUT2D eigenvalue weighted by molar-refractivity contribution is 9.10. The van der Waals surface area contributed by atoms with E-state index in [4.69, 9.17) is 5.11 Å². The van der Waals surface area contributed by atoms with Crippen molar-refractivity contribution >= 4 is 21.9 Å². The topological polar surface area (TPSA) is 68.0 Å². The predicted octanol–water partition coefficient (Wildman–Crippen LogP) is 1.87. The second-order valence-electron chi connectivity index (χ2n) is 3.54. The van der Waals surface area contributed by atoms with E-state index in [1.165, 1.54) is 0 Å². The number of aromatic nitrogens is 3. The lowest BCUT2D eigenvalue weighted by molar-refractivity contribution is -0.136. The Morgan fingerprint density at radius 1 is 1.47 bits per heavy atom. The summed E-state index contributed by atoms with van der Waals surface area (Å²) in [5.74, 6) is -0.162. The first-order valence-electron chi connectivity index (χ1n) is 4.93. The summed E-state index contributed by atoms with van der Waals surface area (Å²) in [5.41, 5.74) is 1.55. The van der Waals surface area contributed by atoms with E-state index in [9.17, 15) is 4.79 Å². The Hall–Kier alpha value is -1.69. The quantitative estimate of drug-likeness (QED) is 0.939. The molecule has 0 aliphatic carbocycles. The van der Waals surface area contributed by atoms with Crippen LogP contribution in [-0.2, 0) is 18.3 Å². The number of carbonyl (C=O) groups is 1. The van der Waals surface area contributed by atoms with Crippen molar-refractivity contribution in [3.63, 3.8) is 0 Å². The molecule has 2 rings (SSSR count). The van der Waals surface area contributed by atoms with Gasteiger partial charge in [0.15, 0.2) is 0 Å². The van der Waals surface area contributed by atoms with Crippen molar-refractivity contribution in [2.24, 2.45) is 7.05 Å². The molecule has 6 heteroatoms. The van der Waals surface area contributed by atoms with Gasteiger partial charge in [-0.05, 0) is 28.1 Å². The number of aliphatic carboxylic acids is 1. The van der Waals surface area contributed by atoms with Gasteiger partial charge in [0, 0.05) is 25.0 Å². The summed E-state index contributed by atoms with van der Waals surface area (Å²) >= 11 is 3.28. The van der Waals surface area contributed by atoms with Crippen LogP contribution in [0.3, 0.4) is 0 Å². The molecule has 0 aliphatic heterocycles. The van der Waals surface area contributed by atoms with Crippen LogP contribution in [-0.4, -0.2) is 25.6 Å². The van der Waals surface area contributed by atoms with Crippen LogP contribution in [0.5, 0.6) is 0 Å². The van der Waals surface area contributed by atoms with Gasteiger partial charge in [-0.3, -0.25) is 9.78 Å². The third-order valence-corrected chi connectivity index (χ3v) is 3.06. The molecule has 2 aromatic heterocycles. The van der Waals surface area contributed by atoms with Crippen LogP contribution in [0.25, 0.3) is 11.4 Å². The number of hydrogen-bond acceptors (Lipinski definition) is 3. The fourth-order valence-electron chi connectivity index (χ4n) is 1.59. The summed E-state index contributed by atoms with van der Waals surface area (Å²) in [6, 6.07) is 3.67. The van der Waals surface area contributed by atoms with Gasteiger partial charge >= 0.3 is 5.97 Å². The van der Waals surface area contributed by atoms with Gasteiger partial charge in [0.2, 0.25) is 0 Å². The standard InChI is InChI=1S/C11H10BrN3O2/c1-15-8(6-9(16)17)10(12)14-11(15)7-2-4-13-5-3-7/h2-5H,6H2,1H3,(H,16,17). The number of carboxylic acids is 1. The van der Waals surface area contributed by atoms with Crippen molar-refractivity contribution in [2.75, 3.05) is 0 Å². The summed E-state index contributed by atoms with van der Waals surface area (Å²) < 4.78 is 2.34. The largest absolute Gasteiger partial charge is 0.481 e. The highest BCUT2D eigenvalue weighted by Gasteiger charge is 2.16. The van der Waals surface area contributed by atoms with E-state index in [-0.39, 0.29) is 6.42 Å². The molecule has 2 heterocycles. The maximum atomic E-state index is 10.7. The third kappa shape index (κ3) is 2.36. The normalized spacial score (nSPS) is 10.5. The van der Waals surface area contributed by atoms with Crippen LogP contribution in [0, 0.1) is 0 Å². The van der Waals surface area contributed by atoms with Gasteiger partial charge < -0.3 is 9.67 Å². The third-order valence-electron chi connectivity index (χ3n) is 2.42. The number of rotatable bonds is 3. The second-order valence-corrected chi connectivity index (χ2v) is 4.29. The molecule has 88 valence electrons. The van der Waals surface area contributed by atoms with Crippen molar-refractivity contribution < 1.29 is 9.90 Å². The highest BCUT2D eigenvalue weighted by Crippen LogP contribution is 2.24. The van der Waals surface area contributed by atoms with Gasteiger partial charge in [-0.25, -0.2) is 4.98 Å². The molecule has 5 nitrogen and oxygen atoms in total. The molecule has 0 fully saturated rings. The van der Waals surface area contributed by atoms with Gasteiger partial charge in [-0.15, -0.1) is 0 Å². The molecule has 0 saturated carbocycles. The van der Waals surface area contributed by atoms with Crippen molar-refractivity contribution in [1.82, 2.24) is 14.5 Å². The van der Waals surface area contributed by atoms with Gasteiger partial charge in [0.1, 0.15) is 10.4 Å². The lowest BCUT2D eigenvalue weighted by Crippen LogP contribution is -2.06. The number of hydrogen-bond donors (Lipinski definition) is 1. The zero-order valence-electron chi connectivity index (χ0n) is 9.09. The minimum absolute atomic E-state index is 0.0604. The fourth-order valence-corrected chi connectivity index (χ4v) is 2.17. The average molecular weight is 296 g/mol. The summed E-state index contributed by atoms with van der Waals surface area (Å²) in [6.07, 6.45) is 3.29. The SMILES string of the molecule is Cn1c(-c2ccncc2)nc(Br)c1CC(=O)O. The average Bonchev–Trinajstić information content (AvgIpc) is 2.58. The molecule has 0 atom stereocenters. The zero-order valence-corrected chi connectivity index (χ0v) is 10.7. The highest BCUT2D eigenvalue weighted by atomic mass is 79.9. The number of pyridine rings is 1. The Bertz CT molecular complexity index is 551. The van der Waals surface area contributed by atoms with Crippen LogP contribution in [0.1, 0.15) is 5.69 Å². The first-order chi connectivity index (χ1) is 8.09. The van der Waals surface area contributed by atoms with Crippen molar-refractivity contribution in [1.29, 1.82) is 0 Å². The van der Waals surface area contributed by atoms with E-state index in [1.807, 2.05) is 12.1 Å². The molecule has 0 unspecified atom stereocenters. The summed E-state index contributed by atoms with van der Waals surface area (Å²) in [7, 11) is 1.80. The predicted molar refractivity (Wildman–Crippen MR) is 65.5 cm³/mol. The van der Waals surface area contributed by atoms with Crippen LogP contribution in [0.4, 0.5) is 0 Å². The lowest BCUT2D eigenvalue weighted by atomic mass is 10.2. The summed E-state index contributed by atoms with van der Waals surface area (Å²) in [5, 5.41) is 8.82. The minimum atomic E-state index is -0.880. The zero-order chi connectivity index (χ0) is 12.4. The summed E-state index contributed by atoms with van der Waals surface area (Å²) in [6.45, 7) is 0. The first kappa shape index (κ1) is 11.8. The Balaban J connectivity index is 2.48. The molecule has 0 aliphatic rings. The molecule has 0 aromatic carbocycles. The molecule has 17 heavy (non-hydrogen) atoms. The Morgan fingerprint density at radius 3 is 2.71 bits per heavy atom. The smallest absolute Gasteiger partial charge is 0.309 e. The van der Waals surface area contributed by atoms with Crippen LogP contribution in [0.2, 0.25) is 0 Å². The molecular weight excluding hydrogens is 286 g/mol. The number of halogens is 1. The number of imidazole rings is 1. The maximum Gasteiger partial charge on any atom is 0.309 e. The molecule has 0 radical (unpaired) electrons. The van der Waals surface area contributed by atoms with E-state index in [2.05, 4.69) is 25.9 Å². The minimum Gasteiger partial charge on any atom is -0.481 e. The van der Waals surface area contributed by atoms with E-state index in [0.29, 0.717) is 10.3 Å². The lowest BCUT2D eigenvalue weighted by Gasteiger charge is -2.03. The molecular formula is C11H10BrN3O2. The number of carboxylic acid groups (broad SMARTS) is 1. The van der Waals surface area contributed by atoms with Crippen LogP contribution >= 0.6 is 15.9 Å². The molecule has 2 aromatic rings. The molecule has 1 N–H and O–H groups in total. The Kier molecular flexibility index (Phi) is 3.23. The van der Waals surface area contributed by atoms with E-state index < -0.39 is 5.97 Å². The molecule has 0 bridgehead atoms. The van der Waals surface area contributed by atoms with E-state index >= 15 is 0 Å². The van der Waals surface area contributed by atoms with Gasteiger partial charge in [0.25, 0.3) is 0 Å². The fraction of sp³-hybridized carbons (Fsp3) is 0.182. The van der Waals surface area contributed by atoms with Crippen molar-refractivity contribution in [3.8, 4) is 11.4 Å². The monoisotopic (exact) mass is 295 g/mol. The van der Waals surface area contributed by atoms with Crippen molar-refractivity contribution in [3.05, 3.63) is 34.8 Å². The molecule has 0 spiro atoms. The Morgan fingerprint density at radius 2 is 2.12 bits per heavy atom. The van der Waals surface area contributed by atoms with Crippen LogP contribution < -0.4 is 0 Å². The van der Waals surface area contributed by atoms with E-state index in [0.717, 1.165) is 11.4 Å². The Labute approximate surface area is 106 Å². The van der Waals surface area contributed by atoms with Gasteiger partial charge in [0.05, 0.1) is 12.1 Å². The van der Waals surface area contributed by atoms with E-state index in [1.54, 1.807) is 24.0 Å². The van der Waals surface area contributed by atoms with Gasteiger partial charge in [-0.1, -0.05) is 0 Å². The van der Waals surface area contributed by atoms with Gasteiger partial charge in [-0.2, -0.15) is 0 Å². The van der Waals surface area contributed by atoms with Crippen LogP contribution in [0.15, 0.2) is 29.1 Å². The number of nitrogens with zero attached hydrogens (tertiary/aromatic N) is 3. The first-order valence-corrected chi connectivity index (χ1v) is 5.72. The molecule has 0 amide bonds. The van der Waals surface area contributed by atoms with Crippen molar-refractivity contribution in [2.45, 2.75) is 6.42 Å². The maximum absolute atomic E-state index is 10.7.